The summed E-state index contributed by atoms with van der Waals surface area (Å²) in [5.41, 5.74) is 2.32. The molecule has 0 saturated carbocycles. The largest absolute Gasteiger partial charge is 0.467 e. The SMILES string of the molecule is CNC(=S)NOCC(=O)OC. The van der Waals surface area contributed by atoms with Crippen LogP contribution in [0.5, 0.6) is 0 Å². The zero-order valence-corrected chi connectivity index (χ0v) is 7.16. The zero-order chi connectivity index (χ0) is 8.69. The maximum Gasteiger partial charge on any atom is 0.334 e. The van der Waals surface area contributed by atoms with Gasteiger partial charge in [-0.05, 0) is 12.2 Å². The molecule has 5 nitrogen and oxygen atoms in total. The third-order valence-electron chi connectivity index (χ3n) is 0.810. The van der Waals surface area contributed by atoms with Crippen LogP contribution < -0.4 is 10.8 Å². The molecular weight excluding hydrogens is 168 g/mol. The van der Waals surface area contributed by atoms with Crippen LogP contribution >= 0.6 is 12.2 Å². The molecule has 0 aliphatic heterocycles. The van der Waals surface area contributed by atoms with Gasteiger partial charge >= 0.3 is 5.97 Å². The molecule has 0 bridgehead atoms. The Labute approximate surface area is 70.0 Å². The van der Waals surface area contributed by atoms with Crippen molar-refractivity contribution in [2.24, 2.45) is 0 Å². The molecule has 6 heteroatoms. The average Bonchev–Trinajstić information content (AvgIpc) is 2.04. The highest BCUT2D eigenvalue weighted by Gasteiger charge is 1.99. The van der Waals surface area contributed by atoms with Crippen molar-refractivity contribution in [2.75, 3.05) is 20.8 Å². The van der Waals surface area contributed by atoms with Gasteiger partial charge in [0.15, 0.2) is 11.7 Å². The smallest absolute Gasteiger partial charge is 0.334 e. The van der Waals surface area contributed by atoms with Crippen molar-refractivity contribution < 1.29 is 14.4 Å². The molecule has 0 heterocycles. The molecule has 2 N–H and O–H groups in total. The molecule has 0 spiro atoms. The van der Waals surface area contributed by atoms with Gasteiger partial charge in [-0.2, -0.15) is 0 Å². The predicted molar refractivity (Wildman–Crippen MR) is 42.8 cm³/mol. The summed E-state index contributed by atoms with van der Waals surface area (Å²) < 4.78 is 4.30. The normalized spacial score (nSPS) is 8.55. The maximum absolute atomic E-state index is 10.4. The Hall–Kier alpha value is -0.880. The number of carbonyl (C=O) groups excluding carboxylic acids is 1. The number of carbonyl (C=O) groups is 1. The number of methoxy groups -OCH3 is 1. The van der Waals surface area contributed by atoms with E-state index in [1.165, 1.54) is 7.11 Å². The van der Waals surface area contributed by atoms with Crippen molar-refractivity contribution >= 4 is 23.3 Å². The lowest BCUT2D eigenvalue weighted by Crippen LogP contribution is -2.34. The Balaban J connectivity index is 3.27. The van der Waals surface area contributed by atoms with Crippen LogP contribution in [-0.2, 0) is 14.4 Å². The molecule has 0 saturated heterocycles. The van der Waals surface area contributed by atoms with Gasteiger partial charge in [0.2, 0.25) is 0 Å². The van der Waals surface area contributed by atoms with Crippen LogP contribution in [-0.4, -0.2) is 31.8 Å². The highest BCUT2D eigenvalue weighted by atomic mass is 32.1. The van der Waals surface area contributed by atoms with E-state index in [2.05, 4.69) is 32.6 Å². The van der Waals surface area contributed by atoms with Crippen LogP contribution in [0.15, 0.2) is 0 Å². The van der Waals surface area contributed by atoms with Crippen LogP contribution in [0.3, 0.4) is 0 Å². The first-order chi connectivity index (χ1) is 5.20. The summed E-state index contributed by atoms with van der Waals surface area (Å²) in [7, 11) is 2.92. The predicted octanol–water partition coefficient (Wildman–Crippen LogP) is -0.815. The first kappa shape index (κ1) is 10.1. The number of rotatable bonds is 3. The summed E-state index contributed by atoms with van der Waals surface area (Å²) in [6.07, 6.45) is 0. The Morgan fingerprint density at radius 1 is 1.64 bits per heavy atom. The fourth-order valence-corrected chi connectivity index (χ4v) is 0.329. The van der Waals surface area contributed by atoms with Gasteiger partial charge < -0.3 is 10.1 Å². The van der Waals surface area contributed by atoms with E-state index in [1.807, 2.05) is 0 Å². The van der Waals surface area contributed by atoms with E-state index in [4.69, 9.17) is 0 Å². The molecule has 0 aromatic carbocycles. The van der Waals surface area contributed by atoms with E-state index >= 15 is 0 Å². The lowest BCUT2D eigenvalue weighted by atomic mass is 10.7. The molecule has 64 valence electrons. The first-order valence-electron chi connectivity index (χ1n) is 2.87. The monoisotopic (exact) mass is 178 g/mol. The van der Waals surface area contributed by atoms with Gasteiger partial charge in [0.25, 0.3) is 0 Å². The number of hydrogen-bond donors (Lipinski definition) is 2. The highest BCUT2D eigenvalue weighted by Crippen LogP contribution is 1.74. The fourth-order valence-electron chi connectivity index (χ4n) is 0.271. The summed E-state index contributed by atoms with van der Waals surface area (Å²) >= 11 is 4.64. The van der Waals surface area contributed by atoms with Crippen molar-refractivity contribution in [2.45, 2.75) is 0 Å². The number of esters is 1. The van der Waals surface area contributed by atoms with Crippen molar-refractivity contribution in [1.82, 2.24) is 10.8 Å². The molecule has 0 aromatic heterocycles. The Morgan fingerprint density at radius 3 is 2.73 bits per heavy atom. The third kappa shape index (κ3) is 5.56. The molecule has 0 aliphatic rings. The minimum atomic E-state index is -0.462. The van der Waals surface area contributed by atoms with Crippen LogP contribution in [0.2, 0.25) is 0 Å². The maximum atomic E-state index is 10.4. The van der Waals surface area contributed by atoms with Gasteiger partial charge in [0.05, 0.1) is 7.11 Å². The molecule has 0 radical (unpaired) electrons. The highest BCUT2D eigenvalue weighted by molar-refractivity contribution is 7.80. The van der Waals surface area contributed by atoms with E-state index in [9.17, 15) is 4.79 Å². The first-order valence-corrected chi connectivity index (χ1v) is 3.28. The molecule has 0 amide bonds. The Bertz CT molecular complexity index is 135. The van der Waals surface area contributed by atoms with Gasteiger partial charge in [-0.25, -0.2) is 10.3 Å². The zero-order valence-electron chi connectivity index (χ0n) is 6.34. The Morgan fingerprint density at radius 2 is 2.27 bits per heavy atom. The second kappa shape index (κ2) is 5.87. The minimum absolute atomic E-state index is 0.168. The topological polar surface area (TPSA) is 59.6 Å². The van der Waals surface area contributed by atoms with Crippen molar-refractivity contribution in [3.8, 4) is 0 Å². The minimum Gasteiger partial charge on any atom is -0.467 e. The van der Waals surface area contributed by atoms with Gasteiger partial charge in [-0.3, -0.25) is 4.84 Å². The summed E-state index contributed by atoms with van der Waals surface area (Å²) in [5.74, 6) is -0.462. The Kier molecular flexibility index (Phi) is 5.40. The van der Waals surface area contributed by atoms with E-state index in [0.29, 0.717) is 5.11 Å². The van der Waals surface area contributed by atoms with Crippen molar-refractivity contribution in [3.63, 3.8) is 0 Å². The average molecular weight is 178 g/mol. The molecule has 11 heavy (non-hydrogen) atoms. The van der Waals surface area contributed by atoms with E-state index < -0.39 is 5.97 Å². The molecule has 0 aromatic rings. The number of nitrogens with one attached hydrogen (secondary N) is 2. The molecule has 0 unspecified atom stereocenters. The van der Waals surface area contributed by atoms with Gasteiger partial charge in [0.1, 0.15) is 0 Å². The molecule has 0 rings (SSSR count). The number of thiocarbonyl (C=S) groups is 1. The van der Waals surface area contributed by atoms with E-state index in [1.54, 1.807) is 7.05 Å². The quantitative estimate of drug-likeness (QED) is 0.335. The molecule has 0 atom stereocenters. The van der Waals surface area contributed by atoms with Crippen LogP contribution in [0.4, 0.5) is 0 Å². The second-order valence-electron chi connectivity index (χ2n) is 1.55. The molecular formula is C5H10N2O3S. The fraction of sp³-hybridized carbons (Fsp3) is 0.600. The van der Waals surface area contributed by atoms with Crippen LogP contribution in [0.25, 0.3) is 0 Å². The summed E-state index contributed by atoms with van der Waals surface area (Å²) in [6.45, 7) is -0.168. The van der Waals surface area contributed by atoms with Crippen molar-refractivity contribution in [1.29, 1.82) is 0 Å². The van der Waals surface area contributed by atoms with Gasteiger partial charge in [-0.15, -0.1) is 0 Å². The van der Waals surface area contributed by atoms with E-state index in [-0.39, 0.29) is 6.61 Å². The molecule has 0 fully saturated rings. The molecule has 0 aliphatic carbocycles. The third-order valence-corrected chi connectivity index (χ3v) is 1.10. The number of hydroxylamine groups is 1. The lowest BCUT2D eigenvalue weighted by Gasteiger charge is -2.05. The van der Waals surface area contributed by atoms with Gasteiger partial charge in [-0.1, -0.05) is 0 Å². The van der Waals surface area contributed by atoms with Crippen LogP contribution in [0.1, 0.15) is 0 Å². The summed E-state index contributed by atoms with van der Waals surface area (Å²) in [4.78, 5) is 15.0. The standard InChI is InChI=1S/C5H10N2O3S/c1-6-5(11)7-10-3-4(8)9-2/h3H2,1-2H3,(H2,6,7,11). The lowest BCUT2D eigenvalue weighted by molar-refractivity contribution is -0.147. The van der Waals surface area contributed by atoms with Crippen LogP contribution in [0, 0.1) is 0 Å². The summed E-state index contributed by atoms with van der Waals surface area (Å²) in [5, 5.41) is 2.91. The van der Waals surface area contributed by atoms with Crippen molar-refractivity contribution in [3.05, 3.63) is 0 Å². The second-order valence-corrected chi connectivity index (χ2v) is 1.95. The van der Waals surface area contributed by atoms with Gasteiger partial charge in [0, 0.05) is 7.05 Å². The summed E-state index contributed by atoms with van der Waals surface area (Å²) in [6, 6.07) is 0. The van der Waals surface area contributed by atoms with E-state index in [0.717, 1.165) is 0 Å². The number of ether oxygens (including phenoxy) is 1. The number of hydrogen-bond acceptors (Lipinski definition) is 4.